The largest absolute Gasteiger partial charge is 0.439 e. The molecule has 1 rings (SSSR count). The first-order chi connectivity index (χ1) is 7.57. The molecule has 0 radical (unpaired) electrons. The fourth-order valence-corrected chi connectivity index (χ4v) is 1.64. The van der Waals surface area contributed by atoms with E-state index >= 15 is 0 Å². The van der Waals surface area contributed by atoms with E-state index in [0.717, 1.165) is 0 Å². The van der Waals surface area contributed by atoms with Gasteiger partial charge in [-0.3, -0.25) is 0 Å². The van der Waals surface area contributed by atoms with Crippen LogP contribution in [0, 0.1) is 0 Å². The Balaban J connectivity index is 3.48. The van der Waals surface area contributed by atoms with Crippen molar-refractivity contribution in [2.24, 2.45) is 0 Å². The SMILES string of the molecule is FC(F)(I)N1C(F)(F)C(F)(F)OC(F)(F)C1(F)F. The maximum atomic E-state index is 12.7. The second-order valence-electron chi connectivity index (χ2n) is 3.02. The Hall–Kier alpha value is -0.0500. The van der Waals surface area contributed by atoms with Gasteiger partial charge < -0.3 is 0 Å². The van der Waals surface area contributed by atoms with Crippen molar-refractivity contribution in [1.29, 1.82) is 0 Å². The summed E-state index contributed by atoms with van der Waals surface area (Å²) in [4.78, 5) is -2.88. The molecule has 0 aliphatic carbocycles. The van der Waals surface area contributed by atoms with Crippen LogP contribution in [0.25, 0.3) is 0 Å². The van der Waals surface area contributed by atoms with Crippen molar-refractivity contribution < 1.29 is 48.6 Å². The van der Waals surface area contributed by atoms with Gasteiger partial charge in [-0.15, -0.1) is 0 Å². The summed E-state index contributed by atoms with van der Waals surface area (Å²) in [5, 5.41) is 0. The predicted octanol–water partition coefficient (Wildman–Crippen LogP) is 3.68. The molecule has 0 bridgehead atoms. The van der Waals surface area contributed by atoms with Crippen LogP contribution < -0.4 is 0 Å². The Kier molecular flexibility index (Phi) is 3.33. The van der Waals surface area contributed by atoms with Crippen LogP contribution in [0.15, 0.2) is 0 Å². The van der Waals surface area contributed by atoms with Crippen molar-refractivity contribution in [2.75, 3.05) is 0 Å². The van der Waals surface area contributed by atoms with Crippen LogP contribution in [0.5, 0.6) is 0 Å². The zero-order valence-electron chi connectivity index (χ0n) is 7.51. The minimum atomic E-state index is -6.34. The molecule has 13 heteroatoms. The number of hydrogen-bond donors (Lipinski definition) is 0. The third-order valence-electron chi connectivity index (χ3n) is 1.77. The van der Waals surface area contributed by atoms with E-state index in [4.69, 9.17) is 0 Å². The zero-order chi connectivity index (χ0) is 14.8. The van der Waals surface area contributed by atoms with Crippen molar-refractivity contribution in [3.8, 4) is 0 Å². The molecule has 1 aliphatic rings. The minimum absolute atomic E-state index is 0.410. The number of halogens is 11. The monoisotopic (exact) mass is 407 g/mol. The average Bonchev–Trinajstić information content (AvgIpc) is 1.93. The summed E-state index contributed by atoms with van der Waals surface area (Å²) in [7, 11) is 0. The predicted molar refractivity (Wildman–Crippen MR) is 41.7 cm³/mol. The fourth-order valence-electron chi connectivity index (χ4n) is 1.04. The number of nitrogens with zero attached hydrogens (tertiary/aromatic N) is 1. The molecule has 108 valence electrons. The lowest BCUT2D eigenvalue weighted by Crippen LogP contribution is -2.76. The maximum absolute atomic E-state index is 12.7. The van der Waals surface area contributed by atoms with Crippen LogP contribution in [0.2, 0.25) is 0 Å². The van der Waals surface area contributed by atoms with Crippen LogP contribution in [0.3, 0.4) is 0 Å². The van der Waals surface area contributed by atoms with Gasteiger partial charge in [0, 0.05) is 22.6 Å². The average molecular weight is 407 g/mol. The maximum Gasteiger partial charge on any atom is 0.439 e. The molecule has 0 aromatic heterocycles. The molecule has 0 aromatic carbocycles. The van der Waals surface area contributed by atoms with E-state index in [9.17, 15) is 43.9 Å². The molecular weight excluding hydrogens is 407 g/mol. The number of morpholine rings is 1. The van der Waals surface area contributed by atoms with E-state index in [1.807, 2.05) is 4.74 Å². The molecule has 1 aliphatic heterocycles. The first-order valence-corrected chi connectivity index (χ1v) is 4.74. The second kappa shape index (κ2) is 3.74. The second-order valence-corrected chi connectivity index (χ2v) is 4.32. The zero-order valence-corrected chi connectivity index (χ0v) is 9.67. The number of rotatable bonds is 1. The summed E-state index contributed by atoms with van der Waals surface area (Å²) < 4.78 is 122. The van der Waals surface area contributed by atoms with Gasteiger partial charge in [0.05, 0.1) is 0 Å². The smallest absolute Gasteiger partial charge is 0.243 e. The van der Waals surface area contributed by atoms with Crippen LogP contribution in [0.1, 0.15) is 0 Å². The van der Waals surface area contributed by atoms with Crippen LogP contribution in [0.4, 0.5) is 43.9 Å². The highest BCUT2D eigenvalue weighted by atomic mass is 127. The normalized spacial score (nSPS) is 30.2. The molecule has 0 aromatic rings. The van der Waals surface area contributed by atoms with E-state index in [-0.39, 0.29) is 0 Å². The van der Waals surface area contributed by atoms with Gasteiger partial charge >= 0.3 is 28.4 Å². The van der Waals surface area contributed by atoms with Gasteiger partial charge in [0.1, 0.15) is 0 Å². The molecule has 0 saturated carbocycles. The highest BCUT2D eigenvalue weighted by molar-refractivity contribution is 14.1. The summed E-state index contributed by atoms with van der Waals surface area (Å²) in [6.45, 7) is 0. The van der Waals surface area contributed by atoms with Crippen molar-refractivity contribution >= 4 is 22.6 Å². The molecule has 1 saturated heterocycles. The van der Waals surface area contributed by atoms with Gasteiger partial charge in [0.2, 0.25) is 0 Å². The minimum Gasteiger partial charge on any atom is -0.243 e. The Bertz CT molecular complexity index is 325. The fraction of sp³-hybridized carbons (Fsp3) is 1.00. The molecule has 1 fully saturated rings. The number of hydrogen-bond acceptors (Lipinski definition) is 2. The summed E-state index contributed by atoms with van der Waals surface area (Å²) in [6, 6.07) is -12.7. The van der Waals surface area contributed by atoms with Crippen molar-refractivity contribution in [3.63, 3.8) is 0 Å². The van der Waals surface area contributed by atoms with Crippen molar-refractivity contribution in [3.05, 3.63) is 0 Å². The standard InChI is InChI=1S/C5F10INO/c6-1(7)3(10,11)18-4(12,13)2(8,9)17(1)5(14,15)16. The van der Waals surface area contributed by atoms with E-state index < -0.39 is 55.9 Å². The summed E-state index contributed by atoms with van der Waals surface area (Å²) in [5.74, 6) is 0. The summed E-state index contributed by atoms with van der Waals surface area (Å²) in [5.41, 5.74) is 0. The molecule has 18 heavy (non-hydrogen) atoms. The number of ether oxygens (including phenoxy) is 1. The summed E-state index contributed by atoms with van der Waals surface area (Å²) >= 11 is -0.410. The molecule has 0 amide bonds. The molecule has 2 nitrogen and oxygen atoms in total. The third kappa shape index (κ3) is 2.03. The molecule has 1 heterocycles. The Labute approximate surface area is 105 Å². The van der Waals surface area contributed by atoms with Gasteiger partial charge in [-0.2, -0.15) is 43.9 Å². The van der Waals surface area contributed by atoms with E-state index in [1.165, 1.54) is 0 Å². The van der Waals surface area contributed by atoms with E-state index in [0.29, 0.717) is 0 Å². The van der Waals surface area contributed by atoms with Gasteiger partial charge in [0.25, 0.3) is 0 Å². The van der Waals surface area contributed by atoms with Crippen molar-refractivity contribution in [1.82, 2.24) is 4.90 Å². The molecule has 0 atom stereocenters. The molecule has 0 unspecified atom stereocenters. The number of alkyl halides is 11. The first-order valence-electron chi connectivity index (χ1n) is 3.66. The quantitative estimate of drug-likeness (QED) is 0.285. The van der Waals surface area contributed by atoms with Gasteiger partial charge in [-0.1, -0.05) is 4.90 Å². The van der Waals surface area contributed by atoms with Crippen LogP contribution >= 0.6 is 22.6 Å². The Morgan fingerprint density at radius 1 is 0.778 bits per heavy atom. The summed E-state index contributed by atoms with van der Waals surface area (Å²) in [6.07, 6.45) is -12.5. The van der Waals surface area contributed by atoms with Gasteiger partial charge in [0.15, 0.2) is 0 Å². The van der Waals surface area contributed by atoms with Crippen LogP contribution in [-0.2, 0) is 4.74 Å². The molecule has 0 N–H and O–H groups in total. The van der Waals surface area contributed by atoms with Crippen molar-refractivity contribution in [2.45, 2.75) is 28.4 Å². The van der Waals surface area contributed by atoms with Crippen LogP contribution in [-0.4, -0.2) is 33.3 Å². The Morgan fingerprint density at radius 3 is 1.28 bits per heavy atom. The lowest BCUT2D eigenvalue weighted by atomic mass is 10.3. The highest BCUT2D eigenvalue weighted by Gasteiger charge is 2.86. The molecular formula is C5F10INO. The third-order valence-corrected chi connectivity index (χ3v) is 2.25. The molecule has 0 spiro atoms. The van der Waals surface area contributed by atoms with E-state index in [1.54, 1.807) is 0 Å². The Morgan fingerprint density at radius 2 is 1.06 bits per heavy atom. The van der Waals surface area contributed by atoms with E-state index in [2.05, 4.69) is 0 Å². The lowest BCUT2D eigenvalue weighted by molar-refractivity contribution is -0.577. The first kappa shape index (κ1) is 16.0. The topological polar surface area (TPSA) is 12.5 Å². The van der Waals surface area contributed by atoms with Gasteiger partial charge in [-0.25, -0.2) is 4.74 Å². The lowest BCUT2D eigenvalue weighted by Gasteiger charge is -2.48. The van der Waals surface area contributed by atoms with Gasteiger partial charge in [-0.05, 0) is 0 Å². The highest BCUT2D eigenvalue weighted by Crippen LogP contribution is 2.59.